The molecule has 1 aromatic carbocycles. The number of benzene rings is 1. The van der Waals surface area contributed by atoms with Crippen LogP contribution in [0.4, 0.5) is 0 Å². The van der Waals surface area contributed by atoms with Crippen LogP contribution in [0.5, 0.6) is 0 Å². The van der Waals surface area contributed by atoms with Crippen LogP contribution < -0.4 is 5.32 Å². The second-order valence-electron chi connectivity index (χ2n) is 5.71. The lowest BCUT2D eigenvalue weighted by molar-refractivity contribution is 0.417. The summed E-state index contributed by atoms with van der Waals surface area (Å²) < 4.78 is 1.79. The second-order valence-corrected chi connectivity index (χ2v) is 6.52. The molecule has 108 valence electrons. The number of nitrogens with one attached hydrogen (secondary N) is 1. The largest absolute Gasteiger partial charge is 0.305 e. The van der Waals surface area contributed by atoms with Crippen molar-refractivity contribution in [3.05, 3.63) is 46.0 Å². The maximum atomic E-state index is 6.00. The maximum absolute atomic E-state index is 6.00. The van der Waals surface area contributed by atoms with Gasteiger partial charge in [0, 0.05) is 5.54 Å². The number of halogens is 2. The van der Waals surface area contributed by atoms with Crippen molar-refractivity contribution in [3.8, 4) is 0 Å². The molecule has 0 atom stereocenters. The second kappa shape index (κ2) is 6.12. The molecule has 0 amide bonds. The predicted molar refractivity (Wildman–Crippen MR) is 82.2 cm³/mol. The zero-order chi connectivity index (χ0) is 14.8. The van der Waals surface area contributed by atoms with Gasteiger partial charge < -0.3 is 5.32 Å². The number of rotatable bonds is 4. The van der Waals surface area contributed by atoms with E-state index in [2.05, 4.69) is 36.2 Å². The number of hydrogen-bond acceptors (Lipinski definition) is 3. The Morgan fingerprint density at radius 2 is 1.95 bits per heavy atom. The van der Waals surface area contributed by atoms with Crippen LogP contribution in [0, 0.1) is 0 Å². The van der Waals surface area contributed by atoms with Gasteiger partial charge >= 0.3 is 0 Å². The van der Waals surface area contributed by atoms with E-state index in [1.54, 1.807) is 17.1 Å². The molecule has 1 aromatic heterocycles. The average molecular weight is 313 g/mol. The van der Waals surface area contributed by atoms with Gasteiger partial charge in [0.15, 0.2) is 5.82 Å². The summed E-state index contributed by atoms with van der Waals surface area (Å²) >= 11 is 11.9. The molecule has 2 rings (SSSR count). The zero-order valence-electron chi connectivity index (χ0n) is 11.8. The van der Waals surface area contributed by atoms with Crippen LogP contribution in [0.15, 0.2) is 24.5 Å². The normalized spacial score (nSPS) is 11.8. The molecule has 0 saturated carbocycles. The third-order valence-electron chi connectivity index (χ3n) is 2.69. The van der Waals surface area contributed by atoms with Crippen LogP contribution in [0.1, 0.15) is 32.2 Å². The zero-order valence-corrected chi connectivity index (χ0v) is 13.3. The van der Waals surface area contributed by atoms with Crippen molar-refractivity contribution in [3.63, 3.8) is 0 Å². The molecular weight excluding hydrogens is 295 g/mol. The Balaban J connectivity index is 2.00. The van der Waals surface area contributed by atoms with Crippen LogP contribution in [0.25, 0.3) is 0 Å². The summed E-state index contributed by atoms with van der Waals surface area (Å²) in [5.74, 6) is 0.778. The van der Waals surface area contributed by atoms with Gasteiger partial charge in [-0.1, -0.05) is 29.3 Å². The first-order valence-corrected chi connectivity index (χ1v) is 7.16. The van der Waals surface area contributed by atoms with Gasteiger partial charge in [0.25, 0.3) is 0 Å². The lowest BCUT2D eigenvalue weighted by Crippen LogP contribution is -2.35. The van der Waals surface area contributed by atoms with E-state index in [0.29, 0.717) is 23.1 Å². The standard InChI is InChI=1S/C14H18Cl2N4/c1-14(2,3)18-7-13-17-9-20(19-13)8-10-4-5-11(15)12(16)6-10/h4-6,9,18H,7-8H2,1-3H3. The Morgan fingerprint density at radius 1 is 1.20 bits per heavy atom. The van der Waals surface area contributed by atoms with Crippen molar-refractivity contribution in [1.82, 2.24) is 20.1 Å². The molecule has 1 heterocycles. The molecule has 20 heavy (non-hydrogen) atoms. The van der Waals surface area contributed by atoms with Gasteiger partial charge in [0.1, 0.15) is 6.33 Å². The summed E-state index contributed by atoms with van der Waals surface area (Å²) in [4.78, 5) is 4.29. The van der Waals surface area contributed by atoms with Crippen molar-refractivity contribution in [2.24, 2.45) is 0 Å². The van der Waals surface area contributed by atoms with Gasteiger partial charge in [-0.3, -0.25) is 0 Å². The van der Waals surface area contributed by atoms with Crippen molar-refractivity contribution in [2.75, 3.05) is 0 Å². The molecule has 0 bridgehead atoms. The van der Waals surface area contributed by atoms with E-state index in [1.165, 1.54) is 0 Å². The first-order valence-electron chi connectivity index (χ1n) is 6.41. The van der Waals surface area contributed by atoms with Gasteiger partial charge in [0.2, 0.25) is 0 Å². The SMILES string of the molecule is CC(C)(C)NCc1ncn(Cc2ccc(Cl)c(Cl)c2)n1. The molecule has 0 aliphatic carbocycles. The Labute approximate surface area is 129 Å². The molecule has 0 fully saturated rings. The number of hydrogen-bond donors (Lipinski definition) is 1. The van der Waals surface area contributed by atoms with Crippen LogP contribution in [0.2, 0.25) is 10.0 Å². The molecule has 0 aliphatic heterocycles. The molecule has 0 aliphatic rings. The van der Waals surface area contributed by atoms with Crippen LogP contribution in [-0.2, 0) is 13.1 Å². The molecule has 0 saturated heterocycles. The molecule has 4 nitrogen and oxygen atoms in total. The van der Waals surface area contributed by atoms with Gasteiger partial charge in [0.05, 0.1) is 23.1 Å². The van der Waals surface area contributed by atoms with Gasteiger partial charge in [-0.25, -0.2) is 9.67 Å². The van der Waals surface area contributed by atoms with Crippen LogP contribution in [0.3, 0.4) is 0 Å². The summed E-state index contributed by atoms with van der Waals surface area (Å²) in [5, 5.41) is 8.90. The van der Waals surface area contributed by atoms with Gasteiger partial charge in [-0.05, 0) is 38.5 Å². The fourth-order valence-corrected chi connectivity index (χ4v) is 1.98. The quantitative estimate of drug-likeness (QED) is 0.939. The highest BCUT2D eigenvalue weighted by Gasteiger charge is 2.10. The minimum absolute atomic E-state index is 0.0508. The Bertz CT molecular complexity index is 587. The molecule has 1 N–H and O–H groups in total. The molecular formula is C14H18Cl2N4. The molecule has 0 unspecified atom stereocenters. The van der Waals surface area contributed by atoms with E-state index in [0.717, 1.165) is 11.4 Å². The van der Waals surface area contributed by atoms with Crippen molar-refractivity contribution in [2.45, 2.75) is 39.4 Å². The number of aromatic nitrogens is 3. The van der Waals surface area contributed by atoms with E-state index < -0.39 is 0 Å². The van der Waals surface area contributed by atoms with Gasteiger partial charge in [-0.2, -0.15) is 5.10 Å². The third-order valence-corrected chi connectivity index (χ3v) is 3.43. The average Bonchev–Trinajstić information content (AvgIpc) is 2.78. The smallest absolute Gasteiger partial charge is 0.164 e. The predicted octanol–water partition coefficient (Wildman–Crippen LogP) is 3.52. The molecule has 6 heteroatoms. The maximum Gasteiger partial charge on any atom is 0.164 e. The summed E-state index contributed by atoms with van der Waals surface area (Å²) in [6, 6.07) is 5.57. The summed E-state index contributed by atoms with van der Waals surface area (Å²) in [7, 11) is 0. The lowest BCUT2D eigenvalue weighted by Gasteiger charge is -2.19. The fourth-order valence-electron chi connectivity index (χ4n) is 1.66. The number of nitrogens with zero attached hydrogens (tertiary/aromatic N) is 3. The van der Waals surface area contributed by atoms with E-state index in [1.807, 2.05) is 12.1 Å². The summed E-state index contributed by atoms with van der Waals surface area (Å²) in [5.41, 5.74) is 1.09. The topological polar surface area (TPSA) is 42.7 Å². The highest BCUT2D eigenvalue weighted by atomic mass is 35.5. The highest BCUT2D eigenvalue weighted by Crippen LogP contribution is 2.22. The summed E-state index contributed by atoms with van der Waals surface area (Å²) in [6.45, 7) is 7.61. The Kier molecular flexibility index (Phi) is 4.68. The first kappa shape index (κ1) is 15.3. The summed E-state index contributed by atoms with van der Waals surface area (Å²) in [6.07, 6.45) is 1.72. The van der Waals surface area contributed by atoms with Crippen molar-refractivity contribution in [1.29, 1.82) is 0 Å². The Morgan fingerprint density at radius 3 is 2.60 bits per heavy atom. The van der Waals surface area contributed by atoms with E-state index in [4.69, 9.17) is 23.2 Å². The van der Waals surface area contributed by atoms with E-state index >= 15 is 0 Å². The lowest BCUT2D eigenvalue weighted by atomic mass is 10.1. The van der Waals surface area contributed by atoms with E-state index in [-0.39, 0.29) is 5.54 Å². The Hall–Kier alpha value is -1.10. The minimum Gasteiger partial charge on any atom is -0.305 e. The first-order chi connectivity index (χ1) is 9.33. The molecule has 2 aromatic rings. The van der Waals surface area contributed by atoms with Gasteiger partial charge in [-0.15, -0.1) is 0 Å². The highest BCUT2D eigenvalue weighted by molar-refractivity contribution is 6.42. The fraction of sp³-hybridized carbons (Fsp3) is 0.429. The molecule has 0 radical (unpaired) electrons. The van der Waals surface area contributed by atoms with Crippen LogP contribution >= 0.6 is 23.2 Å². The molecule has 0 spiro atoms. The minimum atomic E-state index is 0.0508. The third kappa shape index (κ3) is 4.47. The monoisotopic (exact) mass is 312 g/mol. The van der Waals surface area contributed by atoms with E-state index in [9.17, 15) is 0 Å². The van der Waals surface area contributed by atoms with Crippen molar-refractivity contribution >= 4 is 23.2 Å². The van der Waals surface area contributed by atoms with Crippen LogP contribution in [-0.4, -0.2) is 20.3 Å². The van der Waals surface area contributed by atoms with Crippen molar-refractivity contribution < 1.29 is 0 Å².